The molecule has 6 heteroatoms. The summed E-state index contributed by atoms with van der Waals surface area (Å²) in [5.74, 6) is 1.12. The standard InChI is InChI=1S/C21H30N4OS/c1-16(2)25(14-11-20(26)24-12-5-4-6-13-24)21-22-19(23-27-21)15-18-9-7-17(3)8-10-18/h7-10,16H,4-6,11-15H2,1-3H3. The van der Waals surface area contributed by atoms with Gasteiger partial charge in [-0.3, -0.25) is 4.79 Å². The molecule has 1 aromatic carbocycles. The summed E-state index contributed by atoms with van der Waals surface area (Å²) in [5.41, 5.74) is 2.48. The first-order valence-electron chi connectivity index (χ1n) is 9.95. The topological polar surface area (TPSA) is 49.3 Å². The first-order chi connectivity index (χ1) is 13.0. The number of hydrogen-bond donors (Lipinski definition) is 0. The summed E-state index contributed by atoms with van der Waals surface area (Å²) >= 11 is 1.44. The predicted molar refractivity (Wildman–Crippen MR) is 111 cm³/mol. The Kier molecular flexibility index (Phi) is 6.83. The highest BCUT2D eigenvalue weighted by Gasteiger charge is 2.20. The van der Waals surface area contributed by atoms with E-state index in [2.05, 4.69) is 54.3 Å². The van der Waals surface area contributed by atoms with Gasteiger partial charge in [0.25, 0.3) is 0 Å². The minimum atomic E-state index is 0.268. The summed E-state index contributed by atoms with van der Waals surface area (Å²) in [7, 11) is 0. The molecule has 0 N–H and O–H groups in total. The third kappa shape index (κ3) is 5.51. The van der Waals surface area contributed by atoms with Gasteiger partial charge in [0.2, 0.25) is 11.0 Å². The second-order valence-electron chi connectivity index (χ2n) is 7.63. The molecule has 1 aliphatic heterocycles. The number of amides is 1. The van der Waals surface area contributed by atoms with Crippen LogP contribution in [-0.4, -0.2) is 45.8 Å². The zero-order valence-corrected chi connectivity index (χ0v) is 17.5. The highest BCUT2D eigenvalue weighted by molar-refractivity contribution is 7.09. The van der Waals surface area contributed by atoms with Gasteiger partial charge in [-0.05, 0) is 45.6 Å². The highest BCUT2D eigenvalue weighted by Crippen LogP contribution is 2.22. The van der Waals surface area contributed by atoms with Gasteiger partial charge in [-0.1, -0.05) is 29.8 Å². The molecule has 2 aromatic rings. The Morgan fingerprint density at radius 2 is 1.89 bits per heavy atom. The Morgan fingerprint density at radius 1 is 1.19 bits per heavy atom. The summed E-state index contributed by atoms with van der Waals surface area (Å²) in [6.45, 7) is 8.92. The lowest BCUT2D eigenvalue weighted by Gasteiger charge is -2.29. The van der Waals surface area contributed by atoms with E-state index in [1.807, 2.05) is 4.90 Å². The minimum Gasteiger partial charge on any atom is -0.344 e. The van der Waals surface area contributed by atoms with Crippen molar-refractivity contribution in [2.75, 3.05) is 24.5 Å². The monoisotopic (exact) mass is 386 g/mol. The molecule has 146 valence electrons. The van der Waals surface area contributed by atoms with Gasteiger partial charge < -0.3 is 9.80 Å². The van der Waals surface area contributed by atoms with Gasteiger partial charge in [-0.25, -0.2) is 4.98 Å². The molecule has 5 nitrogen and oxygen atoms in total. The van der Waals surface area contributed by atoms with Crippen molar-refractivity contribution < 1.29 is 4.79 Å². The third-order valence-electron chi connectivity index (χ3n) is 5.08. The van der Waals surface area contributed by atoms with Gasteiger partial charge in [0.05, 0.1) is 0 Å². The quantitative estimate of drug-likeness (QED) is 0.720. The molecule has 1 amide bonds. The largest absolute Gasteiger partial charge is 0.344 e. The van der Waals surface area contributed by atoms with E-state index in [0.717, 1.165) is 43.3 Å². The van der Waals surface area contributed by atoms with E-state index in [-0.39, 0.29) is 5.91 Å². The number of nitrogens with zero attached hydrogens (tertiary/aromatic N) is 4. The minimum absolute atomic E-state index is 0.268. The lowest BCUT2D eigenvalue weighted by molar-refractivity contribution is -0.131. The highest BCUT2D eigenvalue weighted by atomic mass is 32.1. The SMILES string of the molecule is Cc1ccc(Cc2nsc(N(CCC(=O)N3CCCCC3)C(C)C)n2)cc1. The van der Waals surface area contributed by atoms with Crippen molar-refractivity contribution in [3.05, 3.63) is 41.2 Å². The van der Waals surface area contributed by atoms with Crippen LogP contribution in [0, 0.1) is 6.92 Å². The van der Waals surface area contributed by atoms with Crippen LogP contribution < -0.4 is 4.90 Å². The van der Waals surface area contributed by atoms with Gasteiger partial charge in [0.15, 0.2) is 0 Å². The van der Waals surface area contributed by atoms with Crippen LogP contribution in [0.5, 0.6) is 0 Å². The average molecular weight is 387 g/mol. The number of aromatic nitrogens is 2. The van der Waals surface area contributed by atoms with Crippen LogP contribution in [0.2, 0.25) is 0 Å². The molecule has 0 spiro atoms. The van der Waals surface area contributed by atoms with Crippen molar-refractivity contribution in [1.82, 2.24) is 14.3 Å². The van der Waals surface area contributed by atoms with Crippen molar-refractivity contribution in [2.24, 2.45) is 0 Å². The maximum absolute atomic E-state index is 12.5. The molecule has 0 radical (unpaired) electrons. The van der Waals surface area contributed by atoms with Crippen molar-refractivity contribution in [1.29, 1.82) is 0 Å². The summed E-state index contributed by atoms with van der Waals surface area (Å²) in [6, 6.07) is 8.80. The second-order valence-corrected chi connectivity index (χ2v) is 8.36. The van der Waals surface area contributed by atoms with E-state index < -0.39 is 0 Å². The van der Waals surface area contributed by atoms with E-state index in [1.165, 1.54) is 29.1 Å². The first-order valence-corrected chi connectivity index (χ1v) is 10.7. The summed E-state index contributed by atoms with van der Waals surface area (Å²) in [4.78, 5) is 21.5. The van der Waals surface area contributed by atoms with Gasteiger partial charge in [0, 0.05) is 50.1 Å². The normalized spacial score (nSPS) is 14.6. The molecular weight excluding hydrogens is 356 g/mol. The Morgan fingerprint density at radius 3 is 2.56 bits per heavy atom. The van der Waals surface area contributed by atoms with Crippen LogP contribution in [0.1, 0.15) is 56.5 Å². The maximum atomic E-state index is 12.5. The van der Waals surface area contributed by atoms with Crippen LogP contribution in [0.25, 0.3) is 0 Å². The van der Waals surface area contributed by atoms with Crippen molar-refractivity contribution in [3.8, 4) is 0 Å². The molecular formula is C21H30N4OS. The van der Waals surface area contributed by atoms with Crippen molar-refractivity contribution in [3.63, 3.8) is 0 Å². The van der Waals surface area contributed by atoms with E-state index in [9.17, 15) is 4.79 Å². The molecule has 1 fully saturated rings. The van der Waals surface area contributed by atoms with E-state index in [1.54, 1.807) is 0 Å². The molecule has 0 atom stereocenters. The van der Waals surface area contributed by atoms with E-state index in [4.69, 9.17) is 4.98 Å². The molecule has 1 aromatic heterocycles. The molecule has 3 rings (SSSR count). The predicted octanol–water partition coefficient (Wildman–Crippen LogP) is 4.05. The summed E-state index contributed by atoms with van der Waals surface area (Å²) in [6.07, 6.45) is 4.81. The van der Waals surface area contributed by atoms with Gasteiger partial charge in [0.1, 0.15) is 5.82 Å². The fourth-order valence-electron chi connectivity index (χ4n) is 3.41. The maximum Gasteiger partial charge on any atom is 0.224 e. The Bertz CT molecular complexity index is 735. The number of rotatable bonds is 7. The molecule has 1 saturated heterocycles. The van der Waals surface area contributed by atoms with Crippen LogP contribution in [0.4, 0.5) is 5.13 Å². The number of aryl methyl sites for hydroxylation is 1. The molecule has 1 aliphatic rings. The summed E-state index contributed by atoms with van der Waals surface area (Å²) < 4.78 is 4.55. The average Bonchev–Trinajstić information content (AvgIpc) is 3.12. The number of anilines is 1. The molecule has 0 aliphatic carbocycles. The van der Waals surface area contributed by atoms with Crippen LogP contribution >= 0.6 is 11.5 Å². The lowest BCUT2D eigenvalue weighted by Crippen LogP contribution is -2.39. The number of hydrogen-bond acceptors (Lipinski definition) is 5. The van der Waals surface area contributed by atoms with Gasteiger partial charge in [-0.2, -0.15) is 4.37 Å². The number of likely N-dealkylation sites (tertiary alicyclic amines) is 1. The first kappa shape index (κ1) is 19.8. The second kappa shape index (κ2) is 9.31. The fourth-order valence-corrected chi connectivity index (χ4v) is 4.26. The van der Waals surface area contributed by atoms with Crippen molar-refractivity contribution >= 4 is 22.6 Å². The smallest absolute Gasteiger partial charge is 0.224 e. The van der Waals surface area contributed by atoms with Crippen LogP contribution in [0.3, 0.4) is 0 Å². The van der Waals surface area contributed by atoms with Crippen LogP contribution in [0.15, 0.2) is 24.3 Å². The molecule has 27 heavy (non-hydrogen) atoms. The number of piperidine rings is 1. The Labute approximate surface area is 166 Å². The van der Waals surface area contributed by atoms with Gasteiger partial charge >= 0.3 is 0 Å². The molecule has 0 unspecified atom stereocenters. The zero-order chi connectivity index (χ0) is 19.2. The van der Waals surface area contributed by atoms with Crippen molar-refractivity contribution in [2.45, 2.75) is 58.9 Å². The molecule has 0 saturated carbocycles. The zero-order valence-electron chi connectivity index (χ0n) is 16.6. The van der Waals surface area contributed by atoms with E-state index >= 15 is 0 Å². The Balaban J connectivity index is 1.60. The Hall–Kier alpha value is -1.95. The molecule has 2 heterocycles. The fraction of sp³-hybridized carbons (Fsp3) is 0.571. The van der Waals surface area contributed by atoms with E-state index in [0.29, 0.717) is 19.0 Å². The lowest BCUT2D eigenvalue weighted by atomic mass is 10.1. The third-order valence-corrected chi connectivity index (χ3v) is 5.88. The van der Waals surface area contributed by atoms with Gasteiger partial charge in [-0.15, -0.1) is 0 Å². The number of carbonyl (C=O) groups is 1. The number of benzene rings is 1. The molecule has 0 bridgehead atoms. The summed E-state index contributed by atoms with van der Waals surface area (Å²) in [5, 5.41) is 0.915. The number of carbonyl (C=O) groups excluding carboxylic acids is 1. The van der Waals surface area contributed by atoms with Crippen LogP contribution in [-0.2, 0) is 11.2 Å².